The molecular formula is C8H13N3O2S. The zero-order valence-electron chi connectivity index (χ0n) is 8.33. The van der Waals surface area contributed by atoms with Crippen LogP contribution in [0, 0.1) is 0 Å². The van der Waals surface area contributed by atoms with Crippen molar-refractivity contribution in [2.75, 3.05) is 18.2 Å². The zero-order valence-corrected chi connectivity index (χ0v) is 9.14. The molecule has 0 saturated heterocycles. The first-order chi connectivity index (χ1) is 6.56. The van der Waals surface area contributed by atoms with Crippen molar-refractivity contribution in [3.63, 3.8) is 0 Å². The van der Waals surface area contributed by atoms with Gasteiger partial charge < -0.3 is 15.8 Å². The van der Waals surface area contributed by atoms with Crippen molar-refractivity contribution in [2.45, 2.75) is 19.9 Å². The summed E-state index contributed by atoms with van der Waals surface area (Å²) in [5.41, 5.74) is 5.88. The van der Waals surface area contributed by atoms with Gasteiger partial charge in [-0.05, 0) is 25.4 Å². The summed E-state index contributed by atoms with van der Waals surface area (Å²) in [4.78, 5) is 11.3. The standard InChI is InChI=1S/C8H13N3O2S/c1-4(2)10-7-5(8(12)13-3)6(9)11-14-7/h4,10H,1-3H3,(H2,9,11). The maximum Gasteiger partial charge on any atom is 0.344 e. The van der Waals surface area contributed by atoms with E-state index < -0.39 is 5.97 Å². The minimum atomic E-state index is -0.459. The van der Waals surface area contributed by atoms with Gasteiger partial charge in [-0.1, -0.05) is 0 Å². The number of carbonyl (C=O) groups is 1. The molecule has 0 saturated carbocycles. The number of anilines is 2. The molecule has 0 aliphatic carbocycles. The van der Waals surface area contributed by atoms with Crippen LogP contribution in [0.5, 0.6) is 0 Å². The van der Waals surface area contributed by atoms with Crippen LogP contribution in [0.4, 0.5) is 10.8 Å². The Labute approximate surface area is 86.4 Å². The molecule has 14 heavy (non-hydrogen) atoms. The number of rotatable bonds is 3. The lowest BCUT2D eigenvalue weighted by atomic mass is 10.3. The summed E-state index contributed by atoms with van der Waals surface area (Å²) in [5.74, 6) is -0.246. The lowest BCUT2D eigenvalue weighted by Gasteiger charge is -2.08. The highest BCUT2D eigenvalue weighted by molar-refractivity contribution is 7.11. The summed E-state index contributed by atoms with van der Waals surface area (Å²) < 4.78 is 8.50. The summed E-state index contributed by atoms with van der Waals surface area (Å²) >= 11 is 1.16. The van der Waals surface area contributed by atoms with Gasteiger partial charge in [-0.25, -0.2) is 4.79 Å². The second-order valence-corrected chi connectivity index (χ2v) is 3.84. The normalized spacial score (nSPS) is 10.3. The van der Waals surface area contributed by atoms with Crippen LogP contribution < -0.4 is 11.1 Å². The molecule has 0 bridgehead atoms. The van der Waals surface area contributed by atoms with Crippen molar-refractivity contribution >= 4 is 28.3 Å². The average molecular weight is 215 g/mol. The highest BCUT2D eigenvalue weighted by atomic mass is 32.1. The fraction of sp³-hybridized carbons (Fsp3) is 0.500. The smallest absolute Gasteiger partial charge is 0.344 e. The molecule has 1 aromatic rings. The molecule has 1 aromatic heterocycles. The molecule has 0 aromatic carbocycles. The lowest BCUT2D eigenvalue weighted by Crippen LogP contribution is -2.13. The first-order valence-corrected chi connectivity index (χ1v) is 4.93. The molecule has 0 aliphatic rings. The number of carbonyl (C=O) groups excluding carboxylic acids is 1. The van der Waals surface area contributed by atoms with E-state index in [0.29, 0.717) is 10.6 Å². The minimum absolute atomic E-state index is 0.213. The molecule has 0 radical (unpaired) electrons. The van der Waals surface area contributed by atoms with Gasteiger partial charge in [0, 0.05) is 6.04 Å². The van der Waals surface area contributed by atoms with Crippen LogP contribution in [-0.2, 0) is 4.74 Å². The lowest BCUT2D eigenvalue weighted by molar-refractivity contribution is 0.0603. The number of nitrogen functional groups attached to an aromatic ring is 1. The van der Waals surface area contributed by atoms with Gasteiger partial charge in [-0.15, -0.1) is 0 Å². The molecular weight excluding hydrogens is 202 g/mol. The molecule has 3 N–H and O–H groups in total. The molecule has 0 amide bonds. The first-order valence-electron chi connectivity index (χ1n) is 4.16. The predicted molar refractivity (Wildman–Crippen MR) is 56.6 cm³/mol. The largest absolute Gasteiger partial charge is 0.465 e. The molecule has 78 valence electrons. The number of hydrogen-bond acceptors (Lipinski definition) is 6. The van der Waals surface area contributed by atoms with Gasteiger partial charge in [0.2, 0.25) is 0 Å². The van der Waals surface area contributed by atoms with Gasteiger partial charge in [-0.3, -0.25) is 0 Å². The van der Waals surface area contributed by atoms with Gasteiger partial charge in [0.15, 0.2) is 5.82 Å². The van der Waals surface area contributed by atoms with E-state index >= 15 is 0 Å². The van der Waals surface area contributed by atoms with Crippen molar-refractivity contribution in [1.82, 2.24) is 4.37 Å². The fourth-order valence-electron chi connectivity index (χ4n) is 0.962. The van der Waals surface area contributed by atoms with Crippen LogP contribution in [-0.4, -0.2) is 23.5 Å². The Bertz CT molecular complexity index is 335. The average Bonchev–Trinajstić information content (AvgIpc) is 2.45. The molecule has 6 heteroatoms. The number of hydrogen-bond donors (Lipinski definition) is 2. The Morgan fingerprint density at radius 1 is 1.64 bits per heavy atom. The topological polar surface area (TPSA) is 77.2 Å². The predicted octanol–water partition coefficient (Wildman–Crippen LogP) is 1.33. The van der Waals surface area contributed by atoms with Crippen LogP contribution in [0.2, 0.25) is 0 Å². The van der Waals surface area contributed by atoms with Crippen molar-refractivity contribution in [3.8, 4) is 0 Å². The Balaban J connectivity index is 3.00. The quantitative estimate of drug-likeness (QED) is 0.744. The van der Waals surface area contributed by atoms with E-state index in [0.717, 1.165) is 11.5 Å². The summed E-state index contributed by atoms with van der Waals surface area (Å²) in [5, 5.41) is 3.74. The van der Waals surface area contributed by atoms with E-state index in [2.05, 4.69) is 14.4 Å². The number of nitrogens with zero attached hydrogens (tertiary/aromatic N) is 1. The SMILES string of the molecule is COC(=O)c1c(N)nsc1NC(C)C. The van der Waals surface area contributed by atoms with Crippen molar-refractivity contribution < 1.29 is 9.53 Å². The van der Waals surface area contributed by atoms with Gasteiger partial charge in [0.05, 0.1) is 7.11 Å². The third kappa shape index (κ3) is 2.14. The highest BCUT2D eigenvalue weighted by Gasteiger charge is 2.19. The Hall–Kier alpha value is -1.30. The van der Waals surface area contributed by atoms with Gasteiger partial charge >= 0.3 is 5.97 Å². The van der Waals surface area contributed by atoms with Gasteiger partial charge in [-0.2, -0.15) is 4.37 Å². The molecule has 1 rings (SSSR count). The Morgan fingerprint density at radius 3 is 2.79 bits per heavy atom. The highest BCUT2D eigenvalue weighted by Crippen LogP contribution is 2.27. The minimum Gasteiger partial charge on any atom is -0.465 e. The molecule has 0 unspecified atom stereocenters. The monoisotopic (exact) mass is 215 g/mol. The van der Waals surface area contributed by atoms with Crippen LogP contribution in [0.15, 0.2) is 0 Å². The number of ether oxygens (including phenoxy) is 1. The van der Waals surface area contributed by atoms with Crippen LogP contribution >= 0.6 is 11.5 Å². The number of methoxy groups -OCH3 is 1. The summed E-state index contributed by atoms with van der Waals surface area (Å²) in [6.07, 6.45) is 0. The van der Waals surface area contributed by atoms with E-state index in [1.165, 1.54) is 7.11 Å². The number of esters is 1. The number of nitrogens with one attached hydrogen (secondary N) is 1. The molecule has 0 atom stereocenters. The second kappa shape index (κ2) is 4.28. The van der Waals surface area contributed by atoms with Gasteiger partial charge in [0.1, 0.15) is 10.6 Å². The summed E-state index contributed by atoms with van der Waals surface area (Å²) in [6, 6.07) is 0.221. The fourth-order valence-corrected chi connectivity index (χ4v) is 1.81. The van der Waals surface area contributed by atoms with Crippen LogP contribution in [0.3, 0.4) is 0 Å². The van der Waals surface area contributed by atoms with Crippen molar-refractivity contribution in [2.24, 2.45) is 0 Å². The molecule has 1 heterocycles. The summed E-state index contributed by atoms with van der Waals surface area (Å²) in [7, 11) is 1.32. The summed E-state index contributed by atoms with van der Waals surface area (Å²) in [6.45, 7) is 3.94. The van der Waals surface area contributed by atoms with Crippen LogP contribution in [0.1, 0.15) is 24.2 Å². The third-order valence-electron chi connectivity index (χ3n) is 1.53. The van der Waals surface area contributed by atoms with Crippen molar-refractivity contribution in [1.29, 1.82) is 0 Å². The van der Waals surface area contributed by atoms with Crippen LogP contribution in [0.25, 0.3) is 0 Å². The van der Waals surface area contributed by atoms with Gasteiger partial charge in [0.25, 0.3) is 0 Å². The Kier molecular flexibility index (Phi) is 3.29. The van der Waals surface area contributed by atoms with Crippen molar-refractivity contribution in [3.05, 3.63) is 5.56 Å². The zero-order chi connectivity index (χ0) is 10.7. The number of aromatic nitrogens is 1. The first kappa shape index (κ1) is 10.8. The molecule has 0 spiro atoms. The van der Waals surface area contributed by atoms with E-state index in [4.69, 9.17) is 5.73 Å². The molecule has 0 aliphatic heterocycles. The maximum atomic E-state index is 11.3. The molecule has 0 fully saturated rings. The van der Waals surface area contributed by atoms with E-state index in [1.807, 2.05) is 13.8 Å². The Morgan fingerprint density at radius 2 is 2.29 bits per heavy atom. The molecule has 5 nitrogen and oxygen atoms in total. The van der Waals surface area contributed by atoms with E-state index in [1.54, 1.807) is 0 Å². The number of nitrogens with two attached hydrogens (primary N) is 1. The third-order valence-corrected chi connectivity index (χ3v) is 2.32. The van der Waals surface area contributed by atoms with E-state index in [-0.39, 0.29) is 11.9 Å². The van der Waals surface area contributed by atoms with E-state index in [9.17, 15) is 4.79 Å². The maximum absolute atomic E-state index is 11.3. The second-order valence-electron chi connectivity index (χ2n) is 3.06.